The van der Waals surface area contributed by atoms with Crippen LogP contribution in [0.25, 0.3) is 5.69 Å². The molecule has 6 rings (SSSR count). The Labute approximate surface area is 286 Å². The average Bonchev–Trinajstić information content (AvgIpc) is 3.90. The zero-order valence-corrected chi connectivity index (χ0v) is 28.5. The van der Waals surface area contributed by atoms with Crippen LogP contribution in [0.15, 0.2) is 94.5 Å². The van der Waals surface area contributed by atoms with Gasteiger partial charge in [0.2, 0.25) is 0 Å². The molecule has 3 heterocycles. The number of carbonyl (C=O) groups is 2. The highest BCUT2D eigenvalue weighted by Gasteiger charge is 2.36. The molecule has 0 bridgehead atoms. The number of aryl methyl sites for hydroxylation is 1. The van der Waals surface area contributed by atoms with Gasteiger partial charge in [-0.1, -0.05) is 42.1 Å². The van der Waals surface area contributed by atoms with E-state index in [1.807, 2.05) is 89.7 Å². The lowest BCUT2D eigenvalue weighted by Gasteiger charge is -2.24. The minimum absolute atomic E-state index is 0.0354. The first-order valence-electron chi connectivity index (χ1n) is 15.1. The zero-order valence-electron chi connectivity index (χ0n) is 26.9. The maximum Gasteiger partial charge on any atom is 0.261 e. The molecule has 0 saturated heterocycles. The Morgan fingerprint density at radius 2 is 1.77 bits per heavy atom. The van der Waals surface area contributed by atoms with Crippen LogP contribution < -0.4 is 19.5 Å². The van der Waals surface area contributed by atoms with E-state index in [0.717, 1.165) is 33.8 Å². The first-order chi connectivity index (χ1) is 23.4. The van der Waals surface area contributed by atoms with Crippen molar-refractivity contribution in [2.75, 3.05) is 27.1 Å². The molecular formula is C35H34N6O5S2. The zero-order chi connectivity index (χ0) is 33.6. The Bertz CT molecular complexity index is 1940. The third-order valence-corrected chi connectivity index (χ3v) is 9.60. The number of carbonyl (C=O) groups excluding carboxylic acids is 2. The number of amides is 2. The van der Waals surface area contributed by atoms with E-state index in [2.05, 4.69) is 15.5 Å². The molecule has 1 atom stereocenters. The van der Waals surface area contributed by atoms with Gasteiger partial charge >= 0.3 is 0 Å². The van der Waals surface area contributed by atoms with Gasteiger partial charge in [-0.2, -0.15) is 5.10 Å². The SMILES string of the molecule is COc1ccc(C2=NN(C(=O)CSc3nnc(CNC(=O)c4cccs4)n3-c3cccc(C)c3)[C@@H](c3cccc(OC)c3OC)C2)cc1. The monoisotopic (exact) mass is 682 g/mol. The van der Waals surface area contributed by atoms with E-state index in [0.29, 0.717) is 33.8 Å². The number of nitrogens with one attached hydrogen (secondary N) is 1. The molecule has 0 saturated carbocycles. The van der Waals surface area contributed by atoms with E-state index < -0.39 is 6.04 Å². The van der Waals surface area contributed by atoms with Crippen molar-refractivity contribution in [1.29, 1.82) is 0 Å². The molecule has 1 N–H and O–H groups in total. The summed E-state index contributed by atoms with van der Waals surface area (Å²) in [5.41, 5.74) is 4.32. The summed E-state index contributed by atoms with van der Waals surface area (Å²) in [7, 11) is 4.79. The number of thioether (sulfide) groups is 1. The molecular weight excluding hydrogens is 649 g/mol. The molecule has 0 aliphatic carbocycles. The minimum atomic E-state index is -0.432. The molecule has 1 aliphatic heterocycles. The molecule has 13 heteroatoms. The summed E-state index contributed by atoms with van der Waals surface area (Å²) in [5.74, 6) is 2.02. The van der Waals surface area contributed by atoms with Gasteiger partial charge in [-0.25, -0.2) is 5.01 Å². The Hall–Kier alpha value is -5.14. The lowest BCUT2D eigenvalue weighted by molar-refractivity contribution is -0.130. The summed E-state index contributed by atoms with van der Waals surface area (Å²) < 4.78 is 18.5. The standard InChI is InChI=1S/C35H34N6O5S2/c1-22-8-5-9-24(18-22)40-31(20-36-34(43)30-12-7-17-47-30)37-38-35(40)48-21-32(42)41-28(26-10-6-11-29(45-3)33(26)46-4)19-27(39-41)23-13-15-25(44-2)16-14-23/h5-18,28H,19-21H2,1-4H3,(H,36,43)/t28-/m1/s1. The van der Waals surface area contributed by atoms with Crippen LogP contribution in [-0.4, -0.2) is 64.4 Å². The van der Waals surface area contributed by atoms with Gasteiger partial charge in [0.25, 0.3) is 11.8 Å². The lowest BCUT2D eigenvalue weighted by Crippen LogP contribution is -2.29. The largest absolute Gasteiger partial charge is 0.497 e. The van der Waals surface area contributed by atoms with E-state index in [-0.39, 0.29) is 24.1 Å². The van der Waals surface area contributed by atoms with Crippen LogP contribution >= 0.6 is 23.1 Å². The number of ether oxygens (including phenoxy) is 3. The minimum Gasteiger partial charge on any atom is -0.497 e. The van der Waals surface area contributed by atoms with Crippen molar-refractivity contribution in [2.24, 2.45) is 5.10 Å². The van der Waals surface area contributed by atoms with Crippen LogP contribution in [0, 0.1) is 6.92 Å². The van der Waals surface area contributed by atoms with Crippen LogP contribution in [0.1, 0.15) is 44.6 Å². The van der Waals surface area contributed by atoms with E-state index in [1.165, 1.54) is 28.1 Å². The molecule has 2 aromatic heterocycles. The van der Waals surface area contributed by atoms with Crippen molar-refractivity contribution in [2.45, 2.75) is 31.1 Å². The molecule has 5 aromatic rings. The van der Waals surface area contributed by atoms with Gasteiger partial charge in [0.15, 0.2) is 22.5 Å². The van der Waals surface area contributed by atoms with Crippen molar-refractivity contribution in [3.05, 3.63) is 112 Å². The second-order valence-corrected chi connectivity index (χ2v) is 12.7. The number of hydrogen-bond donors (Lipinski definition) is 1. The van der Waals surface area contributed by atoms with Crippen LogP contribution in [0.4, 0.5) is 0 Å². The summed E-state index contributed by atoms with van der Waals surface area (Å²) in [6, 6.07) is 24.3. The van der Waals surface area contributed by atoms with E-state index in [9.17, 15) is 9.59 Å². The highest BCUT2D eigenvalue weighted by molar-refractivity contribution is 7.99. The molecule has 0 unspecified atom stereocenters. The fourth-order valence-electron chi connectivity index (χ4n) is 5.50. The second-order valence-electron chi connectivity index (χ2n) is 10.8. The number of hydrazone groups is 1. The molecule has 48 heavy (non-hydrogen) atoms. The number of nitrogens with zero attached hydrogens (tertiary/aromatic N) is 5. The van der Waals surface area contributed by atoms with Gasteiger partial charge in [-0.15, -0.1) is 21.5 Å². The van der Waals surface area contributed by atoms with E-state index >= 15 is 0 Å². The first kappa shape index (κ1) is 32.8. The quantitative estimate of drug-likeness (QED) is 0.158. The summed E-state index contributed by atoms with van der Waals surface area (Å²) in [4.78, 5) is 27.4. The second kappa shape index (κ2) is 14.7. The third kappa shape index (κ3) is 6.92. The number of para-hydroxylation sites is 1. The van der Waals surface area contributed by atoms with Gasteiger partial charge in [0.05, 0.1) is 50.3 Å². The molecule has 0 radical (unpaired) electrons. The van der Waals surface area contributed by atoms with Crippen LogP contribution in [0.2, 0.25) is 0 Å². The summed E-state index contributed by atoms with van der Waals surface area (Å²) in [5, 5.41) is 20.5. The normalized spacial score (nSPS) is 14.0. The molecule has 2 amide bonds. The molecule has 246 valence electrons. The van der Waals surface area contributed by atoms with Gasteiger partial charge in [0.1, 0.15) is 5.75 Å². The van der Waals surface area contributed by atoms with E-state index in [1.54, 1.807) is 27.4 Å². The molecule has 1 aliphatic rings. The van der Waals surface area contributed by atoms with Crippen molar-refractivity contribution >= 4 is 40.6 Å². The fraction of sp³-hybridized carbons (Fsp3) is 0.229. The van der Waals surface area contributed by atoms with Gasteiger partial charge in [-0.05, 0) is 72.0 Å². The van der Waals surface area contributed by atoms with Crippen LogP contribution in [0.3, 0.4) is 0 Å². The van der Waals surface area contributed by atoms with E-state index in [4.69, 9.17) is 19.3 Å². The maximum absolute atomic E-state index is 14.1. The predicted molar refractivity (Wildman–Crippen MR) is 186 cm³/mol. The first-order valence-corrected chi connectivity index (χ1v) is 17.0. The Morgan fingerprint density at radius 1 is 0.958 bits per heavy atom. The Morgan fingerprint density at radius 3 is 2.48 bits per heavy atom. The van der Waals surface area contributed by atoms with Gasteiger partial charge in [0, 0.05) is 17.7 Å². The molecule has 11 nitrogen and oxygen atoms in total. The van der Waals surface area contributed by atoms with Crippen molar-refractivity contribution in [3.63, 3.8) is 0 Å². The number of rotatable bonds is 12. The van der Waals surface area contributed by atoms with Crippen LogP contribution in [0.5, 0.6) is 17.2 Å². The summed E-state index contributed by atoms with van der Waals surface area (Å²) in [6.45, 7) is 2.16. The fourth-order valence-corrected chi connectivity index (χ4v) is 6.96. The topological polar surface area (TPSA) is 120 Å². The third-order valence-electron chi connectivity index (χ3n) is 7.82. The van der Waals surface area contributed by atoms with Crippen molar-refractivity contribution < 1.29 is 23.8 Å². The van der Waals surface area contributed by atoms with Crippen molar-refractivity contribution in [1.82, 2.24) is 25.1 Å². The van der Waals surface area contributed by atoms with Gasteiger partial charge in [-0.3, -0.25) is 14.2 Å². The average molecular weight is 683 g/mol. The van der Waals surface area contributed by atoms with Crippen LogP contribution in [-0.2, 0) is 11.3 Å². The smallest absolute Gasteiger partial charge is 0.261 e. The predicted octanol–water partition coefficient (Wildman–Crippen LogP) is 6.06. The highest BCUT2D eigenvalue weighted by atomic mass is 32.2. The number of aromatic nitrogens is 3. The molecule has 3 aromatic carbocycles. The molecule has 0 fully saturated rings. The summed E-state index contributed by atoms with van der Waals surface area (Å²) >= 11 is 2.63. The summed E-state index contributed by atoms with van der Waals surface area (Å²) in [6.07, 6.45) is 0.472. The number of methoxy groups -OCH3 is 3. The highest BCUT2D eigenvalue weighted by Crippen LogP contribution is 2.42. The number of benzene rings is 3. The number of hydrogen-bond acceptors (Lipinski definition) is 10. The Kier molecular flexibility index (Phi) is 10.1. The Balaban J connectivity index is 1.29. The molecule has 0 spiro atoms. The maximum atomic E-state index is 14.1. The van der Waals surface area contributed by atoms with Gasteiger partial charge < -0.3 is 19.5 Å². The lowest BCUT2D eigenvalue weighted by atomic mass is 9.97. The van der Waals surface area contributed by atoms with Crippen molar-refractivity contribution in [3.8, 4) is 22.9 Å². The number of thiophene rings is 1.